The molecule has 0 aliphatic carbocycles. The number of nitrogens with one attached hydrogen (secondary N) is 1. The summed E-state index contributed by atoms with van der Waals surface area (Å²) in [7, 11) is 0. The fraction of sp³-hybridized carbons (Fsp3) is 0.273. The Kier molecular flexibility index (Phi) is 5.18. The van der Waals surface area contributed by atoms with Crippen LogP contribution in [0.5, 0.6) is 0 Å². The third-order valence-electron chi connectivity index (χ3n) is 2.23. The molecule has 0 aromatic heterocycles. The van der Waals surface area contributed by atoms with E-state index >= 15 is 0 Å². The van der Waals surface area contributed by atoms with Crippen LogP contribution in [0.1, 0.15) is 17.3 Å². The highest BCUT2D eigenvalue weighted by Gasteiger charge is 2.12. The normalized spacial score (nSPS) is 11.9. The summed E-state index contributed by atoms with van der Waals surface area (Å²) >= 11 is 16.5. The van der Waals surface area contributed by atoms with Crippen molar-refractivity contribution in [1.29, 1.82) is 0 Å². The van der Waals surface area contributed by atoms with E-state index in [1.54, 1.807) is 12.1 Å². The maximum Gasteiger partial charge on any atom is 0.252 e. The van der Waals surface area contributed by atoms with Crippen molar-refractivity contribution in [3.63, 3.8) is 0 Å². The van der Waals surface area contributed by atoms with Crippen molar-refractivity contribution in [2.75, 3.05) is 6.54 Å². The average molecular weight is 291 g/mol. The van der Waals surface area contributed by atoms with Crippen LogP contribution in [0.25, 0.3) is 0 Å². The van der Waals surface area contributed by atoms with Gasteiger partial charge in [0, 0.05) is 17.5 Å². The number of halogens is 2. The van der Waals surface area contributed by atoms with E-state index in [0.29, 0.717) is 27.1 Å². The number of carbonyl (C=O) groups is 1. The van der Waals surface area contributed by atoms with Crippen LogP contribution in [0.4, 0.5) is 0 Å². The van der Waals surface area contributed by atoms with Gasteiger partial charge < -0.3 is 11.1 Å². The Labute approximate surface area is 115 Å². The number of rotatable bonds is 4. The van der Waals surface area contributed by atoms with Gasteiger partial charge in [-0.15, -0.1) is 0 Å². The van der Waals surface area contributed by atoms with E-state index in [0.717, 1.165) is 0 Å². The first-order valence-corrected chi connectivity index (χ1v) is 6.10. The van der Waals surface area contributed by atoms with Crippen LogP contribution in [-0.2, 0) is 0 Å². The van der Waals surface area contributed by atoms with E-state index in [1.165, 1.54) is 6.07 Å². The second-order valence-electron chi connectivity index (χ2n) is 3.64. The van der Waals surface area contributed by atoms with Crippen molar-refractivity contribution in [3.8, 4) is 0 Å². The molecule has 0 aliphatic rings. The molecule has 1 aromatic rings. The van der Waals surface area contributed by atoms with E-state index in [1.807, 2.05) is 6.92 Å². The molecule has 0 fully saturated rings. The third-order valence-corrected chi connectivity index (χ3v) is 3.18. The lowest BCUT2D eigenvalue weighted by molar-refractivity contribution is 0.0951. The van der Waals surface area contributed by atoms with Crippen LogP contribution in [0, 0.1) is 5.92 Å². The maximum atomic E-state index is 11.8. The molecule has 1 unspecified atom stereocenters. The number of amides is 1. The number of benzene rings is 1. The summed E-state index contributed by atoms with van der Waals surface area (Å²) in [4.78, 5) is 12.1. The second-order valence-corrected chi connectivity index (χ2v) is 4.95. The van der Waals surface area contributed by atoms with Gasteiger partial charge in [-0.3, -0.25) is 4.79 Å². The molecular formula is C11H12Cl2N2OS. The number of hydrogen-bond acceptors (Lipinski definition) is 2. The molecule has 0 spiro atoms. The van der Waals surface area contributed by atoms with Crippen LogP contribution >= 0.6 is 35.4 Å². The van der Waals surface area contributed by atoms with Gasteiger partial charge in [-0.2, -0.15) is 0 Å². The van der Waals surface area contributed by atoms with Crippen LogP contribution in [0.2, 0.25) is 10.0 Å². The SMILES string of the molecule is CC(CNC(=O)c1ccc(Cl)cc1Cl)C(N)=S. The standard InChI is InChI=1S/C11H12Cl2N2OS/c1-6(10(14)17)5-15-11(16)8-3-2-7(12)4-9(8)13/h2-4,6H,5H2,1H3,(H2,14,17)(H,15,16). The van der Waals surface area contributed by atoms with E-state index in [4.69, 9.17) is 41.2 Å². The summed E-state index contributed by atoms with van der Waals surface area (Å²) in [5, 5.41) is 3.51. The molecule has 92 valence electrons. The summed E-state index contributed by atoms with van der Waals surface area (Å²) in [5.41, 5.74) is 5.83. The topological polar surface area (TPSA) is 55.1 Å². The molecule has 0 saturated carbocycles. The lowest BCUT2D eigenvalue weighted by Crippen LogP contribution is -2.33. The molecule has 1 atom stereocenters. The van der Waals surface area contributed by atoms with Gasteiger partial charge in [0.25, 0.3) is 5.91 Å². The molecular weight excluding hydrogens is 279 g/mol. The Balaban J connectivity index is 2.67. The van der Waals surface area contributed by atoms with Crippen LogP contribution in [-0.4, -0.2) is 17.4 Å². The van der Waals surface area contributed by atoms with Crippen LogP contribution < -0.4 is 11.1 Å². The van der Waals surface area contributed by atoms with Gasteiger partial charge in [0.1, 0.15) is 0 Å². The monoisotopic (exact) mass is 290 g/mol. The first-order chi connectivity index (χ1) is 7.91. The number of carbonyl (C=O) groups excluding carboxylic acids is 1. The van der Waals surface area contributed by atoms with E-state index in [-0.39, 0.29) is 11.8 Å². The molecule has 6 heteroatoms. The van der Waals surface area contributed by atoms with Gasteiger partial charge in [-0.1, -0.05) is 42.3 Å². The zero-order valence-electron chi connectivity index (χ0n) is 9.17. The minimum Gasteiger partial charge on any atom is -0.393 e. The highest BCUT2D eigenvalue weighted by Crippen LogP contribution is 2.20. The maximum absolute atomic E-state index is 11.8. The van der Waals surface area contributed by atoms with E-state index in [9.17, 15) is 4.79 Å². The molecule has 1 amide bonds. The highest BCUT2D eigenvalue weighted by atomic mass is 35.5. The van der Waals surface area contributed by atoms with Crippen molar-refractivity contribution in [2.24, 2.45) is 11.7 Å². The molecule has 0 bridgehead atoms. The Morgan fingerprint density at radius 3 is 2.71 bits per heavy atom. The van der Waals surface area contributed by atoms with Crippen molar-refractivity contribution in [2.45, 2.75) is 6.92 Å². The largest absolute Gasteiger partial charge is 0.393 e. The molecule has 3 nitrogen and oxygen atoms in total. The van der Waals surface area contributed by atoms with Crippen molar-refractivity contribution >= 4 is 46.3 Å². The van der Waals surface area contributed by atoms with Gasteiger partial charge in [0.15, 0.2) is 0 Å². The fourth-order valence-electron chi connectivity index (χ4n) is 1.12. The van der Waals surface area contributed by atoms with Gasteiger partial charge in [-0.05, 0) is 18.2 Å². The molecule has 0 heterocycles. The summed E-state index contributed by atoms with van der Waals surface area (Å²) in [6.07, 6.45) is 0. The Morgan fingerprint density at radius 2 is 2.18 bits per heavy atom. The lowest BCUT2D eigenvalue weighted by atomic mass is 10.1. The summed E-state index contributed by atoms with van der Waals surface area (Å²) in [5.74, 6) is -0.324. The molecule has 1 rings (SSSR count). The minimum atomic E-state index is -0.269. The summed E-state index contributed by atoms with van der Waals surface area (Å²) in [6.45, 7) is 2.22. The summed E-state index contributed by atoms with van der Waals surface area (Å²) in [6, 6.07) is 4.71. The molecule has 0 saturated heterocycles. The van der Waals surface area contributed by atoms with Crippen molar-refractivity contribution in [3.05, 3.63) is 33.8 Å². The third kappa shape index (κ3) is 4.15. The van der Waals surface area contributed by atoms with Gasteiger partial charge in [0.05, 0.1) is 15.6 Å². The van der Waals surface area contributed by atoms with E-state index in [2.05, 4.69) is 5.32 Å². The van der Waals surface area contributed by atoms with Gasteiger partial charge >= 0.3 is 0 Å². The lowest BCUT2D eigenvalue weighted by Gasteiger charge is -2.11. The Bertz CT molecular complexity index is 451. The second kappa shape index (κ2) is 6.19. The Morgan fingerprint density at radius 1 is 1.53 bits per heavy atom. The zero-order chi connectivity index (χ0) is 13.0. The predicted molar refractivity (Wildman–Crippen MR) is 74.7 cm³/mol. The zero-order valence-corrected chi connectivity index (χ0v) is 11.5. The molecule has 0 radical (unpaired) electrons. The van der Waals surface area contributed by atoms with Gasteiger partial charge in [-0.25, -0.2) is 0 Å². The Hall–Kier alpha value is -0.840. The predicted octanol–water partition coefficient (Wildman–Crippen LogP) is 2.65. The van der Waals surface area contributed by atoms with E-state index < -0.39 is 0 Å². The average Bonchev–Trinajstić information content (AvgIpc) is 2.25. The molecule has 0 aliphatic heterocycles. The smallest absolute Gasteiger partial charge is 0.252 e. The minimum absolute atomic E-state index is 0.0555. The number of hydrogen-bond donors (Lipinski definition) is 2. The highest BCUT2D eigenvalue weighted by molar-refractivity contribution is 7.80. The van der Waals surface area contributed by atoms with Crippen molar-refractivity contribution in [1.82, 2.24) is 5.32 Å². The summed E-state index contributed by atoms with van der Waals surface area (Å²) < 4.78 is 0. The van der Waals surface area contributed by atoms with Gasteiger partial charge in [0.2, 0.25) is 0 Å². The number of thiocarbonyl (C=S) groups is 1. The molecule has 3 N–H and O–H groups in total. The molecule has 17 heavy (non-hydrogen) atoms. The number of nitrogens with two attached hydrogens (primary N) is 1. The van der Waals surface area contributed by atoms with Crippen molar-refractivity contribution < 1.29 is 4.79 Å². The first-order valence-electron chi connectivity index (χ1n) is 4.94. The quantitative estimate of drug-likeness (QED) is 0.838. The fourth-order valence-corrected chi connectivity index (χ4v) is 1.69. The van der Waals surface area contributed by atoms with Crippen LogP contribution in [0.3, 0.4) is 0 Å². The first kappa shape index (κ1) is 14.2. The molecule has 1 aromatic carbocycles. The van der Waals surface area contributed by atoms with Crippen LogP contribution in [0.15, 0.2) is 18.2 Å².